The van der Waals surface area contributed by atoms with Gasteiger partial charge in [-0.15, -0.1) is 0 Å². The molecule has 0 aliphatic heterocycles. The highest BCUT2D eigenvalue weighted by Crippen LogP contribution is 2.30. The van der Waals surface area contributed by atoms with Gasteiger partial charge in [-0.1, -0.05) is 48.0 Å². The second-order valence-corrected chi connectivity index (χ2v) is 5.09. The summed E-state index contributed by atoms with van der Waals surface area (Å²) < 4.78 is 0. The number of fused-ring (bicyclic) bond motifs is 1. The van der Waals surface area contributed by atoms with E-state index in [0.717, 1.165) is 27.0 Å². The summed E-state index contributed by atoms with van der Waals surface area (Å²) in [5.74, 6) is 0.303. The van der Waals surface area contributed by atoms with Crippen molar-refractivity contribution in [3.05, 3.63) is 71.2 Å². The topological polar surface area (TPSA) is 32.3 Å². The van der Waals surface area contributed by atoms with E-state index in [0.29, 0.717) is 12.3 Å². The molecule has 3 aromatic rings. The van der Waals surface area contributed by atoms with Gasteiger partial charge in [-0.05, 0) is 29.8 Å². The third kappa shape index (κ3) is 2.56. The molecule has 0 aliphatic rings. The quantitative estimate of drug-likeness (QED) is 0.723. The minimum Gasteiger partial charge on any atom is -0.507 e. The highest BCUT2D eigenvalue weighted by Gasteiger charge is 2.03. The third-order valence-electron chi connectivity index (χ3n) is 3.30. The first kappa shape index (κ1) is 12.8. The van der Waals surface area contributed by atoms with Gasteiger partial charge in [0.05, 0.1) is 0 Å². The van der Waals surface area contributed by atoms with Gasteiger partial charge in [0, 0.05) is 28.0 Å². The Balaban J connectivity index is 1.88. The molecule has 0 amide bonds. The SMILES string of the molecule is Oc1cccc2c(NCc3ccc(Cl)cc3)cccc12. The Hall–Kier alpha value is -2.19. The summed E-state index contributed by atoms with van der Waals surface area (Å²) in [4.78, 5) is 0. The molecule has 0 saturated carbocycles. The number of phenolic OH excluding ortho intramolecular Hbond substituents is 1. The summed E-state index contributed by atoms with van der Waals surface area (Å²) in [5.41, 5.74) is 2.17. The standard InChI is InChI=1S/C17H14ClNO/c18-13-9-7-12(8-10-13)11-19-16-5-1-4-15-14(16)3-2-6-17(15)20/h1-10,19-20H,11H2. The first-order valence-corrected chi connectivity index (χ1v) is 6.81. The van der Waals surface area contributed by atoms with Crippen molar-refractivity contribution in [2.24, 2.45) is 0 Å². The highest BCUT2D eigenvalue weighted by molar-refractivity contribution is 6.30. The maximum atomic E-state index is 9.87. The summed E-state index contributed by atoms with van der Waals surface area (Å²) in [6.45, 7) is 0.714. The van der Waals surface area contributed by atoms with E-state index < -0.39 is 0 Å². The molecule has 0 atom stereocenters. The Bertz CT molecular complexity index is 738. The molecule has 100 valence electrons. The van der Waals surface area contributed by atoms with E-state index in [1.807, 2.05) is 54.6 Å². The number of phenols is 1. The molecule has 0 aromatic heterocycles. The second kappa shape index (κ2) is 5.43. The molecule has 3 aromatic carbocycles. The van der Waals surface area contributed by atoms with Crippen LogP contribution in [0.2, 0.25) is 5.02 Å². The maximum Gasteiger partial charge on any atom is 0.123 e. The summed E-state index contributed by atoms with van der Waals surface area (Å²) in [5, 5.41) is 15.9. The highest BCUT2D eigenvalue weighted by atomic mass is 35.5. The van der Waals surface area contributed by atoms with Crippen LogP contribution in [-0.4, -0.2) is 5.11 Å². The number of benzene rings is 3. The van der Waals surface area contributed by atoms with Crippen molar-refractivity contribution in [1.29, 1.82) is 0 Å². The number of rotatable bonds is 3. The Morgan fingerprint density at radius 3 is 2.35 bits per heavy atom. The van der Waals surface area contributed by atoms with Gasteiger partial charge < -0.3 is 10.4 Å². The molecule has 0 unspecified atom stereocenters. The predicted octanol–water partition coefficient (Wildman–Crippen LogP) is 4.81. The van der Waals surface area contributed by atoms with Gasteiger partial charge >= 0.3 is 0 Å². The molecule has 3 rings (SSSR count). The lowest BCUT2D eigenvalue weighted by Crippen LogP contribution is -1.99. The van der Waals surface area contributed by atoms with Crippen LogP contribution >= 0.6 is 11.6 Å². The van der Waals surface area contributed by atoms with Crippen molar-refractivity contribution < 1.29 is 5.11 Å². The number of aromatic hydroxyl groups is 1. The average Bonchev–Trinajstić information content (AvgIpc) is 2.47. The van der Waals surface area contributed by atoms with Crippen LogP contribution in [0.3, 0.4) is 0 Å². The molecule has 2 N–H and O–H groups in total. The van der Waals surface area contributed by atoms with Crippen molar-refractivity contribution >= 4 is 28.1 Å². The third-order valence-corrected chi connectivity index (χ3v) is 3.55. The van der Waals surface area contributed by atoms with E-state index in [1.54, 1.807) is 6.07 Å². The number of nitrogens with one attached hydrogen (secondary N) is 1. The number of hydrogen-bond donors (Lipinski definition) is 2. The second-order valence-electron chi connectivity index (χ2n) is 4.66. The van der Waals surface area contributed by atoms with Gasteiger partial charge in [0.1, 0.15) is 5.75 Å². The molecular weight excluding hydrogens is 270 g/mol. The van der Waals surface area contributed by atoms with E-state index in [9.17, 15) is 5.11 Å². The van der Waals surface area contributed by atoms with Crippen molar-refractivity contribution in [3.63, 3.8) is 0 Å². The smallest absolute Gasteiger partial charge is 0.123 e. The van der Waals surface area contributed by atoms with Crippen LogP contribution in [0.15, 0.2) is 60.7 Å². The van der Waals surface area contributed by atoms with E-state index in [4.69, 9.17) is 11.6 Å². The van der Waals surface area contributed by atoms with Crippen LogP contribution in [0.1, 0.15) is 5.56 Å². The van der Waals surface area contributed by atoms with Crippen LogP contribution in [-0.2, 0) is 6.54 Å². The Morgan fingerprint density at radius 2 is 1.55 bits per heavy atom. The van der Waals surface area contributed by atoms with Crippen molar-refractivity contribution in [2.75, 3.05) is 5.32 Å². The van der Waals surface area contributed by atoms with E-state index in [1.165, 1.54) is 0 Å². The summed E-state index contributed by atoms with van der Waals surface area (Å²) in [6.07, 6.45) is 0. The molecule has 0 bridgehead atoms. The summed E-state index contributed by atoms with van der Waals surface area (Å²) in [6, 6.07) is 19.2. The molecule has 0 heterocycles. The lowest BCUT2D eigenvalue weighted by atomic mass is 10.1. The molecule has 0 fully saturated rings. The fraction of sp³-hybridized carbons (Fsp3) is 0.0588. The number of hydrogen-bond acceptors (Lipinski definition) is 2. The lowest BCUT2D eigenvalue weighted by Gasteiger charge is -2.10. The molecule has 0 spiro atoms. The average molecular weight is 284 g/mol. The minimum absolute atomic E-state index is 0.303. The minimum atomic E-state index is 0.303. The Morgan fingerprint density at radius 1 is 0.850 bits per heavy atom. The van der Waals surface area contributed by atoms with E-state index in [2.05, 4.69) is 5.32 Å². The monoisotopic (exact) mass is 283 g/mol. The zero-order valence-electron chi connectivity index (χ0n) is 10.8. The zero-order valence-corrected chi connectivity index (χ0v) is 11.6. The van der Waals surface area contributed by atoms with Crippen LogP contribution in [0.4, 0.5) is 5.69 Å². The number of anilines is 1. The van der Waals surface area contributed by atoms with Crippen LogP contribution < -0.4 is 5.32 Å². The normalized spacial score (nSPS) is 10.7. The van der Waals surface area contributed by atoms with E-state index >= 15 is 0 Å². The van der Waals surface area contributed by atoms with E-state index in [-0.39, 0.29) is 0 Å². The Kier molecular flexibility index (Phi) is 3.48. The zero-order chi connectivity index (χ0) is 13.9. The number of halogens is 1. The van der Waals surface area contributed by atoms with Crippen molar-refractivity contribution in [3.8, 4) is 5.75 Å². The molecule has 3 heteroatoms. The van der Waals surface area contributed by atoms with Gasteiger partial charge in [0.2, 0.25) is 0 Å². The van der Waals surface area contributed by atoms with Gasteiger partial charge in [-0.2, -0.15) is 0 Å². The molecular formula is C17H14ClNO. The predicted molar refractivity (Wildman–Crippen MR) is 84.4 cm³/mol. The first-order chi connectivity index (χ1) is 9.74. The molecule has 0 saturated heterocycles. The fourth-order valence-electron chi connectivity index (χ4n) is 2.25. The van der Waals surface area contributed by atoms with Crippen LogP contribution in [0.5, 0.6) is 5.75 Å². The Labute approximate surface area is 122 Å². The maximum absolute atomic E-state index is 9.87. The first-order valence-electron chi connectivity index (χ1n) is 6.43. The molecule has 0 radical (unpaired) electrons. The van der Waals surface area contributed by atoms with Gasteiger partial charge in [-0.25, -0.2) is 0 Å². The summed E-state index contributed by atoms with van der Waals surface area (Å²) >= 11 is 5.88. The van der Waals surface area contributed by atoms with Crippen LogP contribution in [0, 0.1) is 0 Å². The van der Waals surface area contributed by atoms with Gasteiger partial charge in [0.15, 0.2) is 0 Å². The summed E-state index contributed by atoms with van der Waals surface area (Å²) in [7, 11) is 0. The molecule has 2 nitrogen and oxygen atoms in total. The van der Waals surface area contributed by atoms with Crippen LogP contribution in [0.25, 0.3) is 10.8 Å². The van der Waals surface area contributed by atoms with Gasteiger partial charge in [-0.3, -0.25) is 0 Å². The fourth-order valence-corrected chi connectivity index (χ4v) is 2.37. The van der Waals surface area contributed by atoms with Gasteiger partial charge in [0.25, 0.3) is 0 Å². The van der Waals surface area contributed by atoms with Crippen molar-refractivity contribution in [2.45, 2.75) is 6.54 Å². The largest absolute Gasteiger partial charge is 0.507 e. The molecule has 20 heavy (non-hydrogen) atoms. The molecule has 0 aliphatic carbocycles. The van der Waals surface area contributed by atoms with Crippen molar-refractivity contribution in [1.82, 2.24) is 0 Å². The lowest BCUT2D eigenvalue weighted by molar-refractivity contribution is 0.481.